The van der Waals surface area contributed by atoms with Gasteiger partial charge < -0.3 is 5.73 Å². The van der Waals surface area contributed by atoms with Crippen LogP contribution in [-0.4, -0.2) is 24.0 Å². The van der Waals surface area contributed by atoms with Crippen LogP contribution in [0, 0.1) is 25.7 Å². The summed E-state index contributed by atoms with van der Waals surface area (Å²) in [6, 6.07) is 7.91. The van der Waals surface area contributed by atoms with Crippen LogP contribution in [0.2, 0.25) is 0 Å². The van der Waals surface area contributed by atoms with E-state index in [1.807, 2.05) is 0 Å². The van der Waals surface area contributed by atoms with E-state index in [2.05, 4.69) is 43.9 Å². The summed E-state index contributed by atoms with van der Waals surface area (Å²) < 4.78 is 0. The molecule has 1 aromatic rings. The van der Waals surface area contributed by atoms with Crippen LogP contribution in [0.3, 0.4) is 0 Å². The van der Waals surface area contributed by atoms with E-state index in [0.29, 0.717) is 12.1 Å². The van der Waals surface area contributed by atoms with Gasteiger partial charge in [-0.3, -0.25) is 4.90 Å². The molecule has 110 valence electrons. The van der Waals surface area contributed by atoms with Crippen LogP contribution in [-0.2, 0) is 0 Å². The monoisotopic (exact) mass is 272 g/mol. The molecular weight excluding hydrogens is 244 g/mol. The van der Waals surface area contributed by atoms with Crippen LogP contribution < -0.4 is 5.73 Å². The number of fused-ring (bicyclic) bond motifs is 1. The molecule has 1 saturated heterocycles. The van der Waals surface area contributed by atoms with E-state index in [1.54, 1.807) is 0 Å². The highest BCUT2D eigenvalue weighted by Gasteiger charge is 2.40. The number of hydrogen-bond acceptors (Lipinski definition) is 2. The highest BCUT2D eigenvalue weighted by Crippen LogP contribution is 2.39. The first-order chi connectivity index (χ1) is 9.54. The molecule has 0 bridgehead atoms. The van der Waals surface area contributed by atoms with Crippen molar-refractivity contribution in [1.82, 2.24) is 4.90 Å². The maximum atomic E-state index is 6.34. The molecule has 0 spiro atoms. The van der Waals surface area contributed by atoms with Gasteiger partial charge in [-0.05, 0) is 51.0 Å². The Kier molecular flexibility index (Phi) is 3.87. The van der Waals surface area contributed by atoms with E-state index in [4.69, 9.17) is 5.73 Å². The first-order valence-electron chi connectivity index (χ1n) is 8.12. The van der Waals surface area contributed by atoms with Crippen molar-refractivity contribution in [2.24, 2.45) is 17.6 Å². The molecule has 1 aliphatic carbocycles. The second-order valence-corrected chi connectivity index (χ2v) is 7.07. The van der Waals surface area contributed by atoms with Gasteiger partial charge in [0.25, 0.3) is 0 Å². The lowest BCUT2D eigenvalue weighted by Crippen LogP contribution is -2.38. The molecule has 0 aromatic heterocycles. The molecule has 20 heavy (non-hydrogen) atoms. The van der Waals surface area contributed by atoms with Crippen molar-refractivity contribution in [2.75, 3.05) is 13.1 Å². The number of aryl methyl sites for hydroxylation is 2. The Hall–Kier alpha value is -0.860. The van der Waals surface area contributed by atoms with Gasteiger partial charge in [-0.1, -0.05) is 35.7 Å². The number of benzene rings is 1. The van der Waals surface area contributed by atoms with E-state index in [1.165, 1.54) is 49.0 Å². The largest absolute Gasteiger partial charge is 0.327 e. The molecule has 2 nitrogen and oxygen atoms in total. The highest BCUT2D eigenvalue weighted by molar-refractivity contribution is 5.30. The summed E-state index contributed by atoms with van der Waals surface area (Å²) in [4.78, 5) is 2.66. The Balaban J connectivity index is 1.76. The molecule has 2 fully saturated rings. The normalized spacial score (nSPS) is 32.1. The van der Waals surface area contributed by atoms with Crippen LogP contribution in [0.5, 0.6) is 0 Å². The van der Waals surface area contributed by atoms with Gasteiger partial charge in [0.15, 0.2) is 0 Å². The quantitative estimate of drug-likeness (QED) is 0.894. The van der Waals surface area contributed by atoms with Gasteiger partial charge in [0, 0.05) is 25.2 Å². The fourth-order valence-electron chi connectivity index (χ4n) is 4.33. The molecule has 2 N–H and O–H groups in total. The molecule has 0 radical (unpaired) electrons. The minimum atomic E-state index is 0.435. The van der Waals surface area contributed by atoms with Crippen LogP contribution in [0.25, 0.3) is 0 Å². The standard InChI is InChI=1S/C18H28N2/c1-12-7-13(2)9-16(8-12)14(3)20-10-15-5-4-6-18(19)17(15)11-20/h7-9,14-15,17-18H,4-6,10-11,19H2,1-3H3. The summed E-state index contributed by atoms with van der Waals surface area (Å²) in [7, 11) is 0. The number of hydrogen-bond donors (Lipinski definition) is 1. The number of nitrogens with zero attached hydrogens (tertiary/aromatic N) is 1. The van der Waals surface area contributed by atoms with Crippen molar-refractivity contribution in [3.8, 4) is 0 Å². The maximum Gasteiger partial charge on any atom is 0.0320 e. The van der Waals surface area contributed by atoms with Gasteiger partial charge >= 0.3 is 0 Å². The van der Waals surface area contributed by atoms with Crippen molar-refractivity contribution in [3.63, 3.8) is 0 Å². The molecule has 2 heteroatoms. The summed E-state index contributed by atoms with van der Waals surface area (Å²) in [5.41, 5.74) is 10.6. The minimum absolute atomic E-state index is 0.435. The SMILES string of the molecule is Cc1cc(C)cc(C(C)N2CC3CCCC(N)C3C2)c1. The first kappa shape index (κ1) is 14.1. The van der Waals surface area contributed by atoms with E-state index >= 15 is 0 Å². The van der Waals surface area contributed by atoms with Crippen molar-refractivity contribution in [3.05, 3.63) is 34.9 Å². The average Bonchev–Trinajstić information content (AvgIpc) is 2.82. The van der Waals surface area contributed by atoms with E-state index < -0.39 is 0 Å². The second-order valence-electron chi connectivity index (χ2n) is 7.07. The zero-order valence-corrected chi connectivity index (χ0v) is 13.1. The summed E-state index contributed by atoms with van der Waals surface area (Å²) >= 11 is 0. The zero-order valence-electron chi connectivity index (χ0n) is 13.1. The Morgan fingerprint density at radius 1 is 1.10 bits per heavy atom. The average molecular weight is 272 g/mol. The summed E-state index contributed by atoms with van der Waals surface area (Å²) in [6.07, 6.45) is 3.94. The fraction of sp³-hybridized carbons (Fsp3) is 0.667. The van der Waals surface area contributed by atoms with Crippen molar-refractivity contribution < 1.29 is 0 Å². The van der Waals surface area contributed by atoms with Gasteiger partial charge in [-0.25, -0.2) is 0 Å². The lowest BCUT2D eigenvalue weighted by Gasteiger charge is -2.30. The van der Waals surface area contributed by atoms with Crippen molar-refractivity contribution in [2.45, 2.75) is 52.1 Å². The Morgan fingerprint density at radius 2 is 1.80 bits per heavy atom. The molecule has 1 heterocycles. The van der Waals surface area contributed by atoms with Gasteiger partial charge in [0.05, 0.1) is 0 Å². The van der Waals surface area contributed by atoms with E-state index in [9.17, 15) is 0 Å². The second kappa shape index (κ2) is 5.50. The third-order valence-corrected chi connectivity index (χ3v) is 5.46. The van der Waals surface area contributed by atoms with Crippen LogP contribution >= 0.6 is 0 Å². The van der Waals surface area contributed by atoms with Crippen molar-refractivity contribution in [1.29, 1.82) is 0 Å². The topological polar surface area (TPSA) is 29.3 Å². The van der Waals surface area contributed by atoms with Crippen LogP contribution in [0.1, 0.15) is 48.9 Å². The van der Waals surface area contributed by atoms with Gasteiger partial charge in [-0.2, -0.15) is 0 Å². The van der Waals surface area contributed by atoms with Crippen LogP contribution in [0.4, 0.5) is 0 Å². The first-order valence-corrected chi connectivity index (χ1v) is 8.12. The summed E-state index contributed by atoms with van der Waals surface area (Å²) in [5.74, 6) is 1.57. The van der Waals surface area contributed by atoms with E-state index in [0.717, 1.165) is 11.8 Å². The molecule has 4 unspecified atom stereocenters. The Labute approximate surface area is 123 Å². The third-order valence-electron chi connectivity index (χ3n) is 5.46. The van der Waals surface area contributed by atoms with Gasteiger partial charge in [-0.15, -0.1) is 0 Å². The Bertz CT molecular complexity index is 462. The molecule has 3 rings (SSSR count). The maximum absolute atomic E-state index is 6.34. The lowest BCUT2D eigenvalue weighted by atomic mass is 9.78. The molecular formula is C18H28N2. The lowest BCUT2D eigenvalue weighted by molar-refractivity contribution is 0.245. The predicted molar refractivity (Wildman–Crippen MR) is 84.7 cm³/mol. The smallest absolute Gasteiger partial charge is 0.0320 e. The van der Waals surface area contributed by atoms with E-state index in [-0.39, 0.29) is 0 Å². The summed E-state index contributed by atoms with van der Waals surface area (Å²) in [5, 5.41) is 0. The minimum Gasteiger partial charge on any atom is -0.327 e. The highest BCUT2D eigenvalue weighted by atomic mass is 15.2. The Morgan fingerprint density at radius 3 is 2.45 bits per heavy atom. The van der Waals surface area contributed by atoms with Gasteiger partial charge in [0.1, 0.15) is 0 Å². The third kappa shape index (κ3) is 2.64. The zero-order chi connectivity index (χ0) is 14.3. The number of nitrogens with two attached hydrogens (primary N) is 1. The molecule has 1 saturated carbocycles. The fourth-order valence-corrected chi connectivity index (χ4v) is 4.33. The number of likely N-dealkylation sites (tertiary alicyclic amines) is 1. The molecule has 1 aromatic carbocycles. The summed E-state index contributed by atoms with van der Waals surface area (Å²) in [6.45, 7) is 9.19. The predicted octanol–water partition coefficient (Wildman–Crippen LogP) is 3.42. The van der Waals surface area contributed by atoms with Gasteiger partial charge in [0.2, 0.25) is 0 Å². The molecule has 1 aliphatic heterocycles. The molecule has 4 atom stereocenters. The number of rotatable bonds is 2. The van der Waals surface area contributed by atoms with Crippen LogP contribution in [0.15, 0.2) is 18.2 Å². The molecule has 2 aliphatic rings. The van der Waals surface area contributed by atoms with Crippen molar-refractivity contribution >= 4 is 0 Å². The molecule has 0 amide bonds.